The molecule has 0 radical (unpaired) electrons. The van der Waals surface area contributed by atoms with Crippen LogP contribution >= 0.6 is 15.9 Å². The van der Waals surface area contributed by atoms with Crippen molar-refractivity contribution >= 4 is 21.7 Å². The first-order valence-corrected chi connectivity index (χ1v) is 6.76. The molecule has 0 spiro atoms. The summed E-state index contributed by atoms with van der Waals surface area (Å²) in [6.45, 7) is 4.83. The van der Waals surface area contributed by atoms with E-state index in [1.54, 1.807) is 6.07 Å². The standard InChI is InChI=1S/C13H15BrN2O2/c1-3-10-13(14)11(16(4-2)15-10)7-12(17)9-5-6-18-8-9/h5-6,8H,3-4,7H2,1-2H3. The summed E-state index contributed by atoms with van der Waals surface area (Å²) in [6.07, 6.45) is 4.17. The molecule has 0 fully saturated rings. The fraction of sp³-hybridized carbons (Fsp3) is 0.385. The van der Waals surface area contributed by atoms with Crippen LogP contribution in [0, 0.1) is 0 Å². The van der Waals surface area contributed by atoms with Crippen LogP contribution in [0.4, 0.5) is 0 Å². The van der Waals surface area contributed by atoms with Gasteiger partial charge in [-0.3, -0.25) is 9.48 Å². The van der Waals surface area contributed by atoms with Gasteiger partial charge >= 0.3 is 0 Å². The molecular formula is C13H15BrN2O2. The highest BCUT2D eigenvalue weighted by molar-refractivity contribution is 9.10. The Bertz CT molecular complexity index is 544. The predicted molar refractivity (Wildman–Crippen MR) is 71.7 cm³/mol. The van der Waals surface area contributed by atoms with Crippen LogP contribution in [-0.2, 0) is 19.4 Å². The summed E-state index contributed by atoms with van der Waals surface area (Å²) in [6, 6.07) is 1.68. The molecule has 0 aliphatic carbocycles. The summed E-state index contributed by atoms with van der Waals surface area (Å²) in [5.74, 6) is 0.0432. The van der Waals surface area contributed by atoms with E-state index in [0.29, 0.717) is 12.0 Å². The van der Waals surface area contributed by atoms with E-state index in [1.165, 1.54) is 12.5 Å². The van der Waals surface area contributed by atoms with Crippen LogP contribution in [0.25, 0.3) is 0 Å². The molecule has 0 aliphatic rings. The van der Waals surface area contributed by atoms with E-state index in [9.17, 15) is 4.79 Å². The predicted octanol–water partition coefficient (Wildman–Crippen LogP) is 3.25. The van der Waals surface area contributed by atoms with Gasteiger partial charge in [0.15, 0.2) is 5.78 Å². The largest absolute Gasteiger partial charge is 0.472 e. The van der Waals surface area contributed by atoms with Crippen molar-refractivity contribution in [3.63, 3.8) is 0 Å². The van der Waals surface area contributed by atoms with Gasteiger partial charge in [-0.2, -0.15) is 5.10 Å². The van der Waals surface area contributed by atoms with Gasteiger partial charge < -0.3 is 4.42 Å². The van der Waals surface area contributed by atoms with E-state index in [1.807, 2.05) is 11.6 Å². The van der Waals surface area contributed by atoms with E-state index in [2.05, 4.69) is 28.0 Å². The zero-order valence-corrected chi connectivity index (χ0v) is 12.0. The second kappa shape index (κ2) is 5.52. The number of ketones is 1. The maximum absolute atomic E-state index is 12.1. The number of carbonyl (C=O) groups is 1. The van der Waals surface area contributed by atoms with E-state index >= 15 is 0 Å². The maximum Gasteiger partial charge on any atom is 0.172 e. The molecule has 96 valence electrons. The van der Waals surface area contributed by atoms with Gasteiger partial charge in [-0.15, -0.1) is 0 Å². The number of aromatic nitrogens is 2. The highest BCUT2D eigenvalue weighted by Crippen LogP contribution is 2.23. The average molecular weight is 311 g/mol. The molecule has 0 saturated heterocycles. The van der Waals surface area contributed by atoms with Crippen LogP contribution in [0.5, 0.6) is 0 Å². The quantitative estimate of drug-likeness (QED) is 0.796. The van der Waals surface area contributed by atoms with Gasteiger partial charge in [0.1, 0.15) is 6.26 Å². The zero-order valence-electron chi connectivity index (χ0n) is 10.4. The minimum Gasteiger partial charge on any atom is -0.472 e. The smallest absolute Gasteiger partial charge is 0.172 e. The molecule has 2 aromatic rings. The molecule has 18 heavy (non-hydrogen) atoms. The van der Waals surface area contributed by atoms with Crippen molar-refractivity contribution in [3.05, 3.63) is 40.0 Å². The number of hydrogen-bond donors (Lipinski definition) is 0. The Morgan fingerprint density at radius 2 is 2.28 bits per heavy atom. The van der Waals surface area contributed by atoms with E-state index in [4.69, 9.17) is 4.42 Å². The number of aryl methyl sites for hydroxylation is 2. The van der Waals surface area contributed by atoms with Crippen molar-refractivity contribution in [3.8, 4) is 0 Å². The molecule has 2 rings (SSSR count). The van der Waals surface area contributed by atoms with Crippen LogP contribution < -0.4 is 0 Å². The van der Waals surface area contributed by atoms with Crippen molar-refractivity contribution in [2.45, 2.75) is 33.2 Å². The molecular weight excluding hydrogens is 296 g/mol. The molecule has 5 heteroatoms. The third-order valence-electron chi connectivity index (χ3n) is 2.87. The number of Topliss-reactive ketones (excluding diaryl/α,β-unsaturated/α-hetero) is 1. The lowest BCUT2D eigenvalue weighted by Crippen LogP contribution is -2.09. The van der Waals surface area contributed by atoms with Gasteiger partial charge in [0.2, 0.25) is 0 Å². The monoisotopic (exact) mass is 310 g/mol. The van der Waals surface area contributed by atoms with Crippen molar-refractivity contribution in [1.29, 1.82) is 0 Å². The second-order valence-corrected chi connectivity index (χ2v) is 4.78. The minimum absolute atomic E-state index is 0.0432. The highest BCUT2D eigenvalue weighted by atomic mass is 79.9. The summed E-state index contributed by atoms with van der Waals surface area (Å²) >= 11 is 3.54. The first-order valence-electron chi connectivity index (χ1n) is 5.96. The Morgan fingerprint density at radius 1 is 1.50 bits per heavy atom. The number of nitrogens with zero attached hydrogens (tertiary/aromatic N) is 2. The van der Waals surface area contributed by atoms with Crippen molar-refractivity contribution < 1.29 is 9.21 Å². The number of rotatable bonds is 5. The van der Waals surface area contributed by atoms with Gasteiger partial charge in [-0.05, 0) is 35.3 Å². The Kier molecular flexibility index (Phi) is 4.01. The first-order chi connectivity index (χ1) is 8.67. The molecule has 0 saturated carbocycles. The van der Waals surface area contributed by atoms with Crippen LogP contribution in [0.15, 0.2) is 27.5 Å². The van der Waals surface area contributed by atoms with Crippen LogP contribution in [0.1, 0.15) is 35.6 Å². The summed E-state index contributed by atoms with van der Waals surface area (Å²) in [5.41, 5.74) is 2.52. The molecule has 0 unspecified atom stereocenters. The van der Waals surface area contributed by atoms with Gasteiger partial charge in [-0.25, -0.2) is 0 Å². The summed E-state index contributed by atoms with van der Waals surface area (Å²) < 4.78 is 7.76. The normalized spacial score (nSPS) is 10.8. The second-order valence-electron chi connectivity index (χ2n) is 3.99. The molecule has 2 aromatic heterocycles. The Balaban J connectivity index is 2.28. The highest BCUT2D eigenvalue weighted by Gasteiger charge is 2.18. The van der Waals surface area contributed by atoms with Gasteiger partial charge in [0, 0.05) is 6.54 Å². The number of carbonyl (C=O) groups excluding carboxylic acids is 1. The fourth-order valence-electron chi connectivity index (χ4n) is 1.86. The molecule has 0 aromatic carbocycles. The average Bonchev–Trinajstić information content (AvgIpc) is 2.99. The molecule has 4 nitrogen and oxygen atoms in total. The van der Waals surface area contributed by atoms with Gasteiger partial charge in [0.25, 0.3) is 0 Å². The molecule has 2 heterocycles. The van der Waals surface area contributed by atoms with Crippen LogP contribution in [-0.4, -0.2) is 15.6 Å². The molecule has 0 atom stereocenters. The minimum atomic E-state index is 0.0432. The van der Waals surface area contributed by atoms with Crippen molar-refractivity contribution in [1.82, 2.24) is 9.78 Å². The SMILES string of the molecule is CCc1nn(CC)c(CC(=O)c2ccoc2)c1Br. The molecule has 0 amide bonds. The fourth-order valence-corrected chi connectivity index (χ4v) is 2.57. The number of furan rings is 1. The Labute approximate surface area is 114 Å². The number of halogens is 1. The van der Waals surface area contributed by atoms with Crippen LogP contribution in [0.2, 0.25) is 0 Å². The molecule has 0 bridgehead atoms. The maximum atomic E-state index is 12.1. The lowest BCUT2D eigenvalue weighted by molar-refractivity contribution is 0.0989. The topological polar surface area (TPSA) is 48.0 Å². The Morgan fingerprint density at radius 3 is 2.83 bits per heavy atom. The van der Waals surface area contributed by atoms with Gasteiger partial charge in [-0.1, -0.05) is 6.92 Å². The van der Waals surface area contributed by atoms with Crippen molar-refractivity contribution in [2.75, 3.05) is 0 Å². The zero-order chi connectivity index (χ0) is 13.1. The first kappa shape index (κ1) is 13.1. The van der Waals surface area contributed by atoms with Crippen molar-refractivity contribution in [2.24, 2.45) is 0 Å². The Hall–Kier alpha value is -1.36. The summed E-state index contributed by atoms with van der Waals surface area (Å²) in [7, 11) is 0. The molecule has 0 N–H and O–H groups in total. The summed E-state index contributed by atoms with van der Waals surface area (Å²) in [4.78, 5) is 12.1. The number of hydrogen-bond acceptors (Lipinski definition) is 3. The van der Waals surface area contributed by atoms with E-state index in [0.717, 1.165) is 28.8 Å². The third kappa shape index (κ3) is 2.41. The van der Waals surface area contributed by atoms with Gasteiger partial charge in [0.05, 0.1) is 34.1 Å². The van der Waals surface area contributed by atoms with E-state index in [-0.39, 0.29) is 5.78 Å². The lowest BCUT2D eigenvalue weighted by atomic mass is 10.1. The summed E-state index contributed by atoms with van der Waals surface area (Å²) in [5, 5.41) is 4.48. The van der Waals surface area contributed by atoms with E-state index < -0.39 is 0 Å². The van der Waals surface area contributed by atoms with Crippen LogP contribution in [0.3, 0.4) is 0 Å². The lowest BCUT2D eigenvalue weighted by Gasteiger charge is -2.03. The molecule has 0 aliphatic heterocycles. The third-order valence-corrected chi connectivity index (χ3v) is 3.78.